The fourth-order valence-electron chi connectivity index (χ4n) is 0.191. The lowest BCUT2D eigenvalue weighted by atomic mass is 10.6. The molecule has 0 aromatic heterocycles. The average Bonchev–Trinajstić information content (AvgIpc) is 1.59. The van der Waals surface area contributed by atoms with Crippen molar-refractivity contribution in [3.63, 3.8) is 0 Å². The van der Waals surface area contributed by atoms with Crippen molar-refractivity contribution in [2.24, 2.45) is 5.73 Å². The van der Waals surface area contributed by atoms with E-state index in [1.807, 2.05) is 0 Å². The van der Waals surface area contributed by atoms with Crippen molar-refractivity contribution in [3.8, 4) is 0 Å². The number of primary amides is 1. The van der Waals surface area contributed by atoms with Crippen LogP contribution in [0, 0.1) is 0 Å². The van der Waals surface area contributed by atoms with Gasteiger partial charge >= 0.3 is 0 Å². The molecule has 0 fully saturated rings. The van der Waals surface area contributed by atoms with Crippen molar-refractivity contribution in [3.05, 3.63) is 11.5 Å². The van der Waals surface area contributed by atoms with Crippen LogP contribution in [0.15, 0.2) is 11.5 Å². The summed E-state index contributed by atoms with van der Waals surface area (Å²) in [4.78, 5) is 9.92. The maximum atomic E-state index is 10.2. The smallest absolute Gasteiger partial charge is 0.242 e. The molecule has 9 heavy (non-hydrogen) atoms. The molecule has 1 amide bonds. The van der Waals surface area contributed by atoms with Crippen LogP contribution in [0.25, 0.3) is 0 Å². The first kappa shape index (κ1) is 8.16. The van der Waals surface area contributed by atoms with Crippen molar-refractivity contribution < 1.29 is 13.2 Å². The number of nitrogens with two attached hydrogens (primary N) is 1. The summed E-state index contributed by atoms with van der Waals surface area (Å²) < 4.78 is 20.5. The molecule has 0 radical (unpaired) electrons. The van der Waals surface area contributed by atoms with Crippen LogP contribution in [-0.4, -0.2) is 20.6 Å². The minimum atomic E-state index is -3.20. The summed E-state index contributed by atoms with van der Waals surface area (Å²) in [7, 11) is -3.20. The molecule has 0 aromatic carbocycles. The molecular weight excluding hydrogens is 142 g/mol. The van der Waals surface area contributed by atoms with Gasteiger partial charge in [-0.25, -0.2) is 8.42 Å². The van der Waals surface area contributed by atoms with Crippen LogP contribution in [0.2, 0.25) is 0 Å². The molecule has 0 saturated carbocycles. The van der Waals surface area contributed by atoms with Gasteiger partial charge in [-0.3, -0.25) is 4.79 Å². The van der Waals surface area contributed by atoms with Gasteiger partial charge in [-0.1, -0.05) is 0 Å². The van der Waals surface area contributed by atoms with E-state index in [0.29, 0.717) is 0 Å². The lowest BCUT2D eigenvalue weighted by Gasteiger charge is -1.80. The van der Waals surface area contributed by atoms with Gasteiger partial charge in [-0.2, -0.15) is 0 Å². The van der Waals surface area contributed by atoms with Gasteiger partial charge in [0, 0.05) is 17.7 Å². The van der Waals surface area contributed by atoms with Gasteiger partial charge in [-0.05, 0) is 0 Å². The SMILES string of the molecule is CS(=O)(=O)C=CC(N)=O. The largest absolute Gasteiger partial charge is 0.366 e. The van der Waals surface area contributed by atoms with Crippen LogP contribution in [0.3, 0.4) is 0 Å². The molecule has 0 bridgehead atoms. The van der Waals surface area contributed by atoms with Crippen molar-refractivity contribution in [2.45, 2.75) is 0 Å². The Morgan fingerprint density at radius 2 is 2.00 bits per heavy atom. The molecule has 0 rings (SSSR count). The quantitative estimate of drug-likeness (QED) is 0.513. The summed E-state index contributed by atoms with van der Waals surface area (Å²) in [6.45, 7) is 0. The molecule has 5 heteroatoms. The lowest BCUT2D eigenvalue weighted by molar-refractivity contribution is -0.113. The Labute approximate surface area is 53.3 Å². The zero-order chi connectivity index (χ0) is 7.49. The summed E-state index contributed by atoms with van der Waals surface area (Å²) in [6.07, 6.45) is 1.78. The van der Waals surface area contributed by atoms with E-state index in [9.17, 15) is 13.2 Å². The van der Waals surface area contributed by atoms with E-state index >= 15 is 0 Å². The first-order valence-electron chi connectivity index (χ1n) is 2.09. The number of rotatable bonds is 2. The number of carbonyl (C=O) groups is 1. The maximum absolute atomic E-state index is 10.2. The molecule has 0 heterocycles. The Morgan fingerprint density at radius 3 is 2.11 bits per heavy atom. The molecule has 0 unspecified atom stereocenters. The van der Waals surface area contributed by atoms with E-state index in [1.54, 1.807) is 0 Å². The number of hydrogen-bond donors (Lipinski definition) is 1. The normalized spacial score (nSPS) is 12.1. The summed E-state index contributed by atoms with van der Waals surface area (Å²) >= 11 is 0. The zero-order valence-corrected chi connectivity index (χ0v) is 5.68. The molecule has 52 valence electrons. The highest BCUT2D eigenvalue weighted by molar-refractivity contribution is 7.93. The number of amides is 1. The van der Waals surface area contributed by atoms with Crippen LogP contribution in [0.1, 0.15) is 0 Å². The van der Waals surface area contributed by atoms with E-state index in [0.717, 1.165) is 17.7 Å². The summed E-state index contributed by atoms with van der Waals surface area (Å²) in [5.74, 6) is -0.763. The fraction of sp³-hybridized carbons (Fsp3) is 0.250. The predicted octanol–water partition coefficient (Wildman–Crippen LogP) is -0.970. The van der Waals surface area contributed by atoms with Gasteiger partial charge in [0.1, 0.15) is 0 Å². The zero-order valence-electron chi connectivity index (χ0n) is 4.87. The third-order valence-electron chi connectivity index (χ3n) is 0.480. The molecule has 0 aliphatic carbocycles. The van der Waals surface area contributed by atoms with Gasteiger partial charge in [0.15, 0.2) is 9.84 Å². The van der Waals surface area contributed by atoms with Gasteiger partial charge in [0.2, 0.25) is 5.91 Å². The Hall–Kier alpha value is -0.840. The third-order valence-corrected chi connectivity index (χ3v) is 1.11. The second-order valence-corrected chi connectivity index (χ2v) is 3.47. The Bertz CT molecular complexity index is 226. The Balaban J connectivity index is 4.21. The van der Waals surface area contributed by atoms with Crippen LogP contribution in [-0.2, 0) is 14.6 Å². The Morgan fingerprint density at radius 1 is 1.56 bits per heavy atom. The van der Waals surface area contributed by atoms with Crippen molar-refractivity contribution in [1.82, 2.24) is 0 Å². The lowest BCUT2D eigenvalue weighted by Crippen LogP contribution is -2.06. The predicted molar refractivity (Wildman–Crippen MR) is 33.2 cm³/mol. The van der Waals surface area contributed by atoms with Gasteiger partial charge in [-0.15, -0.1) is 0 Å². The minimum Gasteiger partial charge on any atom is -0.366 e. The van der Waals surface area contributed by atoms with E-state index < -0.39 is 15.7 Å². The first-order chi connectivity index (χ1) is 3.92. The van der Waals surface area contributed by atoms with Crippen molar-refractivity contribution in [1.29, 1.82) is 0 Å². The number of carbonyl (C=O) groups excluding carboxylic acids is 1. The summed E-state index contributed by atoms with van der Waals surface area (Å²) in [6, 6.07) is 0. The molecule has 2 N–H and O–H groups in total. The van der Waals surface area contributed by atoms with Crippen LogP contribution < -0.4 is 5.73 Å². The van der Waals surface area contributed by atoms with Crippen LogP contribution in [0.5, 0.6) is 0 Å². The topological polar surface area (TPSA) is 77.2 Å². The molecular formula is C4H7NO3S. The van der Waals surface area contributed by atoms with Crippen molar-refractivity contribution >= 4 is 15.7 Å². The first-order valence-corrected chi connectivity index (χ1v) is 4.05. The van der Waals surface area contributed by atoms with E-state index in [2.05, 4.69) is 5.73 Å². The number of sulfone groups is 1. The second kappa shape index (κ2) is 2.63. The van der Waals surface area contributed by atoms with Crippen LogP contribution in [0.4, 0.5) is 0 Å². The molecule has 0 aromatic rings. The second-order valence-electron chi connectivity index (χ2n) is 1.53. The highest BCUT2D eigenvalue weighted by atomic mass is 32.2. The molecule has 0 spiro atoms. The van der Waals surface area contributed by atoms with Gasteiger partial charge < -0.3 is 5.73 Å². The van der Waals surface area contributed by atoms with Gasteiger partial charge in [0.25, 0.3) is 0 Å². The summed E-state index contributed by atoms with van der Waals surface area (Å²) in [5.41, 5.74) is 4.61. The maximum Gasteiger partial charge on any atom is 0.242 e. The highest BCUT2D eigenvalue weighted by Crippen LogP contribution is 1.82. The monoisotopic (exact) mass is 149 g/mol. The summed E-state index contributed by atoms with van der Waals surface area (Å²) in [5, 5.41) is 0.759. The molecule has 0 aliphatic rings. The van der Waals surface area contributed by atoms with Crippen LogP contribution >= 0.6 is 0 Å². The highest BCUT2D eigenvalue weighted by Gasteiger charge is 1.92. The van der Waals surface area contributed by atoms with Gasteiger partial charge in [0.05, 0.1) is 0 Å². The molecule has 0 saturated heterocycles. The average molecular weight is 149 g/mol. The fourth-order valence-corrected chi connectivity index (χ4v) is 0.572. The third kappa shape index (κ3) is 7.16. The Kier molecular flexibility index (Phi) is 2.39. The molecule has 4 nitrogen and oxygen atoms in total. The molecule has 0 atom stereocenters. The van der Waals surface area contributed by atoms with E-state index in [-0.39, 0.29) is 0 Å². The standard InChI is InChI=1S/C4H7NO3S/c1-9(7,8)3-2-4(5)6/h2-3H,1H3,(H2,5,6). The van der Waals surface area contributed by atoms with E-state index in [4.69, 9.17) is 0 Å². The minimum absolute atomic E-state index is 0.759. The number of hydrogen-bond acceptors (Lipinski definition) is 3. The van der Waals surface area contributed by atoms with E-state index in [1.165, 1.54) is 0 Å². The van der Waals surface area contributed by atoms with Crippen molar-refractivity contribution in [2.75, 3.05) is 6.26 Å². The molecule has 0 aliphatic heterocycles.